The molecule has 8 heteroatoms. The van der Waals surface area contributed by atoms with Crippen molar-refractivity contribution in [3.63, 3.8) is 0 Å². The SMILES string of the molecule is [2H][13C]([2H])([2H])Oc1ccc(OCCCN(Cc2cccc(OC(CC)C(=O)O)c2)c2nc3ccccc3o2)cc1. The van der Waals surface area contributed by atoms with Crippen LogP contribution in [0.25, 0.3) is 11.1 Å². The van der Waals surface area contributed by atoms with Crippen LogP contribution in [0, 0.1) is 0 Å². The predicted molar refractivity (Wildman–Crippen MR) is 137 cm³/mol. The fourth-order valence-corrected chi connectivity index (χ4v) is 3.70. The molecule has 0 amide bonds. The lowest BCUT2D eigenvalue weighted by atomic mass is 10.2. The Balaban J connectivity index is 1.43. The van der Waals surface area contributed by atoms with Crippen LogP contribution in [0.2, 0.25) is 0 Å². The lowest BCUT2D eigenvalue weighted by molar-refractivity contribution is -0.145. The molecule has 0 aliphatic heterocycles. The van der Waals surface area contributed by atoms with E-state index in [0.717, 1.165) is 11.1 Å². The maximum Gasteiger partial charge on any atom is 0.344 e. The number of carboxylic acid groups (broad SMARTS) is 1. The van der Waals surface area contributed by atoms with Crippen molar-refractivity contribution in [2.45, 2.75) is 32.4 Å². The van der Waals surface area contributed by atoms with Gasteiger partial charge in [-0.1, -0.05) is 31.2 Å². The molecule has 1 N–H and O–H groups in total. The summed E-state index contributed by atoms with van der Waals surface area (Å²) in [4.78, 5) is 18.0. The number of anilines is 1. The van der Waals surface area contributed by atoms with Crippen molar-refractivity contribution in [3.8, 4) is 17.2 Å². The van der Waals surface area contributed by atoms with Crippen LogP contribution in [-0.4, -0.2) is 42.4 Å². The molecule has 1 atom stereocenters. The number of carboxylic acids is 1. The second-order valence-corrected chi connectivity index (χ2v) is 8.16. The number of benzene rings is 3. The van der Waals surface area contributed by atoms with E-state index in [4.69, 9.17) is 22.7 Å². The summed E-state index contributed by atoms with van der Waals surface area (Å²) in [7, 11) is -2.50. The molecule has 1 heterocycles. The van der Waals surface area contributed by atoms with Crippen LogP contribution < -0.4 is 19.1 Å². The van der Waals surface area contributed by atoms with Gasteiger partial charge in [0.15, 0.2) is 11.7 Å². The minimum atomic E-state index is -2.50. The van der Waals surface area contributed by atoms with Gasteiger partial charge in [-0.2, -0.15) is 4.98 Å². The Morgan fingerprint density at radius 2 is 1.89 bits per heavy atom. The zero-order valence-electron chi connectivity index (χ0n) is 22.9. The zero-order chi connectivity index (χ0) is 27.8. The van der Waals surface area contributed by atoms with Crippen molar-refractivity contribution in [1.82, 2.24) is 4.98 Å². The number of oxazole rings is 1. The zero-order valence-corrected chi connectivity index (χ0v) is 19.9. The smallest absolute Gasteiger partial charge is 0.344 e. The fraction of sp³-hybridized carbons (Fsp3) is 0.286. The highest BCUT2D eigenvalue weighted by atomic mass is 16.5. The van der Waals surface area contributed by atoms with Crippen molar-refractivity contribution >= 4 is 23.1 Å². The van der Waals surface area contributed by atoms with E-state index >= 15 is 0 Å². The molecule has 36 heavy (non-hydrogen) atoms. The fourth-order valence-electron chi connectivity index (χ4n) is 3.70. The van der Waals surface area contributed by atoms with E-state index in [1.165, 1.54) is 0 Å². The first-order valence-corrected chi connectivity index (χ1v) is 11.7. The van der Waals surface area contributed by atoms with E-state index in [-0.39, 0.29) is 5.75 Å². The van der Waals surface area contributed by atoms with Crippen LogP contribution in [0.15, 0.2) is 77.2 Å². The Bertz CT molecular complexity index is 1340. The van der Waals surface area contributed by atoms with Gasteiger partial charge in [-0.15, -0.1) is 0 Å². The quantitative estimate of drug-likeness (QED) is 0.191. The molecule has 0 radical (unpaired) electrons. The topological polar surface area (TPSA) is 94.3 Å². The number of carbonyl (C=O) groups is 1. The number of aromatic nitrogens is 1. The molecule has 0 fully saturated rings. The van der Waals surface area contributed by atoms with Crippen molar-refractivity contribution in [2.24, 2.45) is 0 Å². The summed E-state index contributed by atoms with van der Waals surface area (Å²) in [5.74, 6) is 0.309. The number of ether oxygens (including phenoxy) is 3. The summed E-state index contributed by atoms with van der Waals surface area (Å²) < 4.78 is 43.9. The van der Waals surface area contributed by atoms with E-state index in [1.54, 1.807) is 37.3 Å². The first-order chi connectivity index (χ1) is 18.7. The minimum Gasteiger partial charge on any atom is -0.497 e. The van der Waals surface area contributed by atoms with Gasteiger partial charge >= 0.3 is 5.97 Å². The monoisotopic (exact) mass is 494 g/mol. The van der Waals surface area contributed by atoms with E-state index < -0.39 is 19.1 Å². The molecule has 0 spiro atoms. The average molecular weight is 495 g/mol. The molecule has 0 aliphatic rings. The highest BCUT2D eigenvalue weighted by Crippen LogP contribution is 2.25. The van der Waals surface area contributed by atoms with Gasteiger partial charge in [-0.05, 0) is 66.9 Å². The number of methoxy groups -OCH3 is 1. The molecule has 0 saturated carbocycles. The third-order valence-corrected chi connectivity index (χ3v) is 5.53. The highest BCUT2D eigenvalue weighted by molar-refractivity contribution is 5.74. The van der Waals surface area contributed by atoms with Crippen molar-refractivity contribution in [2.75, 3.05) is 25.1 Å². The van der Waals surface area contributed by atoms with Gasteiger partial charge in [-0.3, -0.25) is 0 Å². The molecule has 4 rings (SSSR count). The van der Waals surface area contributed by atoms with Crippen LogP contribution in [-0.2, 0) is 11.3 Å². The first-order valence-electron chi connectivity index (χ1n) is 13.2. The largest absolute Gasteiger partial charge is 0.497 e. The summed E-state index contributed by atoms with van der Waals surface area (Å²) in [6.07, 6.45) is 0.0722. The summed E-state index contributed by atoms with van der Waals surface area (Å²) in [5.41, 5.74) is 2.33. The second kappa shape index (κ2) is 12.0. The van der Waals surface area contributed by atoms with Crippen LogP contribution in [0.1, 0.15) is 29.4 Å². The van der Waals surface area contributed by atoms with Crippen LogP contribution in [0.3, 0.4) is 0 Å². The molecular weight excluding hydrogens is 461 g/mol. The summed E-state index contributed by atoms with van der Waals surface area (Å²) >= 11 is 0. The molecular formula is C28H30N2O6. The summed E-state index contributed by atoms with van der Waals surface area (Å²) in [6, 6.07) is 21.7. The molecule has 0 aliphatic carbocycles. The van der Waals surface area contributed by atoms with Crippen LogP contribution in [0.5, 0.6) is 17.2 Å². The van der Waals surface area contributed by atoms with Crippen molar-refractivity contribution in [3.05, 3.63) is 78.4 Å². The van der Waals surface area contributed by atoms with Crippen LogP contribution in [0.4, 0.5) is 6.01 Å². The normalized spacial score (nSPS) is 13.3. The lowest BCUT2D eigenvalue weighted by Gasteiger charge is -2.21. The maximum absolute atomic E-state index is 11.4. The number of hydrogen-bond acceptors (Lipinski definition) is 7. The van der Waals surface area contributed by atoms with E-state index in [1.807, 2.05) is 47.4 Å². The number of hydrogen-bond donors (Lipinski definition) is 1. The Kier molecular flexibility index (Phi) is 7.02. The van der Waals surface area contributed by atoms with Gasteiger partial charge < -0.3 is 28.6 Å². The average Bonchev–Trinajstić information content (AvgIpc) is 3.33. The minimum absolute atomic E-state index is 0.240. The molecule has 8 nitrogen and oxygen atoms in total. The van der Waals surface area contributed by atoms with Gasteiger partial charge in [0.25, 0.3) is 6.01 Å². The second-order valence-electron chi connectivity index (χ2n) is 8.16. The number of aliphatic carboxylic acids is 1. The molecule has 0 saturated heterocycles. The molecule has 0 bridgehead atoms. The number of nitrogens with zero attached hydrogens (tertiary/aromatic N) is 2. The van der Waals surface area contributed by atoms with E-state index in [2.05, 4.69) is 4.98 Å². The van der Waals surface area contributed by atoms with Gasteiger partial charge in [0.05, 0.1) is 17.8 Å². The third kappa shape index (κ3) is 6.47. The Hall–Kier alpha value is -4.20. The van der Waals surface area contributed by atoms with Gasteiger partial charge in [0.1, 0.15) is 22.8 Å². The summed E-state index contributed by atoms with van der Waals surface area (Å²) in [5, 5.41) is 9.33. The Labute approximate surface area is 214 Å². The molecule has 1 aromatic heterocycles. The third-order valence-electron chi connectivity index (χ3n) is 5.53. The van der Waals surface area contributed by atoms with Crippen molar-refractivity contribution in [1.29, 1.82) is 0 Å². The van der Waals surface area contributed by atoms with Gasteiger partial charge in [-0.25, -0.2) is 4.79 Å². The van der Waals surface area contributed by atoms with Crippen molar-refractivity contribution < 1.29 is 32.6 Å². The number of fused-ring (bicyclic) bond motifs is 1. The van der Waals surface area contributed by atoms with Crippen LogP contribution >= 0.6 is 0 Å². The lowest BCUT2D eigenvalue weighted by Crippen LogP contribution is -2.27. The molecule has 4 aromatic rings. The highest BCUT2D eigenvalue weighted by Gasteiger charge is 2.18. The van der Waals surface area contributed by atoms with E-state index in [9.17, 15) is 9.90 Å². The Morgan fingerprint density at radius 1 is 1.08 bits per heavy atom. The summed E-state index contributed by atoms with van der Waals surface area (Å²) in [6.45, 7) is 3.18. The van der Waals surface area contributed by atoms with Gasteiger partial charge in [0.2, 0.25) is 0 Å². The Morgan fingerprint density at radius 3 is 2.64 bits per heavy atom. The molecule has 3 aromatic carbocycles. The number of rotatable bonds is 13. The molecule has 188 valence electrons. The standard InChI is InChI=1S/C28H30N2O6/c1-3-25(27(31)32)35-23-9-6-8-20(18-23)19-30(28-29-24-10-4-5-11-26(24)36-28)16-7-17-34-22-14-12-21(33-2)13-15-22/h4-6,8-15,18,25H,3,7,16-17,19H2,1-2H3,(H,31,32)/i2+1D3. The maximum atomic E-state index is 11.4. The van der Waals surface area contributed by atoms with Gasteiger partial charge in [0, 0.05) is 13.1 Å². The van der Waals surface area contributed by atoms with E-state index in [0.29, 0.717) is 55.6 Å². The first kappa shape index (κ1) is 21.1. The number of para-hydroxylation sites is 2. The molecule has 1 unspecified atom stereocenters. The predicted octanol–water partition coefficient (Wildman–Crippen LogP) is 5.55.